The van der Waals surface area contributed by atoms with Crippen molar-refractivity contribution in [3.8, 4) is 29.1 Å². The zero-order chi connectivity index (χ0) is 23.8. The summed E-state index contributed by atoms with van der Waals surface area (Å²) in [5.74, 6) is 0.680. The van der Waals surface area contributed by atoms with E-state index in [4.69, 9.17) is 24.6 Å². The van der Waals surface area contributed by atoms with Crippen LogP contribution in [0.2, 0.25) is 0 Å². The number of fused-ring (bicyclic) bond motifs is 1. The summed E-state index contributed by atoms with van der Waals surface area (Å²) in [6.07, 6.45) is 1.41. The lowest BCUT2D eigenvalue weighted by atomic mass is 10.1. The number of hydrogen-bond donors (Lipinski definition) is 1. The summed E-state index contributed by atoms with van der Waals surface area (Å²) in [6.45, 7) is 0. The molecule has 0 amide bonds. The van der Waals surface area contributed by atoms with Gasteiger partial charge in [-0.2, -0.15) is 5.26 Å². The average Bonchev–Trinajstić information content (AvgIpc) is 3.55. The maximum atomic E-state index is 14.8. The highest BCUT2D eigenvalue weighted by atomic mass is 19.1. The van der Waals surface area contributed by atoms with E-state index in [2.05, 4.69) is 6.07 Å². The maximum absolute atomic E-state index is 14.8. The Labute approximate surface area is 196 Å². The van der Waals surface area contributed by atoms with Crippen LogP contribution in [0, 0.1) is 23.1 Å². The van der Waals surface area contributed by atoms with Crippen molar-refractivity contribution in [3.05, 3.63) is 82.7 Å². The number of ether oxygens (including phenoxy) is 3. The largest absolute Gasteiger partial charge is 0.495 e. The molecule has 34 heavy (non-hydrogen) atoms. The summed E-state index contributed by atoms with van der Waals surface area (Å²) in [7, 11) is 1.49. The van der Waals surface area contributed by atoms with Gasteiger partial charge in [-0.05, 0) is 67.1 Å². The zero-order valence-electron chi connectivity index (χ0n) is 18.5. The van der Waals surface area contributed by atoms with Crippen molar-refractivity contribution in [1.82, 2.24) is 0 Å². The molecule has 3 aromatic carbocycles. The Kier molecular flexibility index (Phi) is 5.58. The van der Waals surface area contributed by atoms with Crippen LogP contribution < -0.4 is 14.2 Å². The molecule has 3 atom stereocenters. The Morgan fingerprint density at radius 1 is 1.09 bits per heavy atom. The van der Waals surface area contributed by atoms with E-state index in [9.17, 15) is 9.18 Å². The van der Waals surface area contributed by atoms with Crippen LogP contribution in [0.25, 0.3) is 0 Å². The summed E-state index contributed by atoms with van der Waals surface area (Å²) >= 11 is 0. The van der Waals surface area contributed by atoms with Crippen molar-refractivity contribution in [2.75, 3.05) is 7.11 Å². The van der Waals surface area contributed by atoms with Gasteiger partial charge in [0.25, 0.3) is 0 Å². The molecule has 7 heteroatoms. The van der Waals surface area contributed by atoms with Crippen LogP contribution in [-0.4, -0.2) is 18.2 Å². The Balaban J connectivity index is 1.34. The lowest BCUT2D eigenvalue weighted by Crippen LogP contribution is -2.06. The van der Waals surface area contributed by atoms with Gasteiger partial charge in [0.1, 0.15) is 41.0 Å². The third-order valence-electron chi connectivity index (χ3n) is 6.45. The molecule has 172 valence electrons. The number of carboxylic acids is 1. The minimum Gasteiger partial charge on any atom is -0.495 e. The first-order valence-electron chi connectivity index (χ1n) is 11.0. The predicted octanol–water partition coefficient (Wildman–Crippen LogP) is 5.75. The van der Waals surface area contributed by atoms with Gasteiger partial charge in [-0.3, -0.25) is 4.79 Å². The van der Waals surface area contributed by atoms with Crippen LogP contribution in [0.1, 0.15) is 47.1 Å². The number of carboxylic acid groups (broad SMARTS) is 1. The zero-order valence-corrected chi connectivity index (χ0v) is 18.5. The number of nitrogens with zero attached hydrogens (tertiary/aromatic N) is 1. The molecule has 0 spiro atoms. The highest BCUT2D eigenvalue weighted by molar-refractivity contribution is 5.75. The fourth-order valence-corrected chi connectivity index (χ4v) is 4.60. The minimum atomic E-state index is -0.763. The highest BCUT2D eigenvalue weighted by Crippen LogP contribution is 2.48. The van der Waals surface area contributed by atoms with Crippen LogP contribution in [-0.2, 0) is 11.2 Å². The number of methoxy groups -OCH3 is 1. The summed E-state index contributed by atoms with van der Waals surface area (Å²) < 4.78 is 32.2. The van der Waals surface area contributed by atoms with E-state index in [1.165, 1.54) is 13.2 Å². The number of benzene rings is 3. The molecule has 5 rings (SSSR count). The Bertz CT molecular complexity index is 1300. The Hall–Kier alpha value is -4.05. The van der Waals surface area contributed by atoms with Crippen LogP contribution in [0.3, 0.4) is 0 Å². The first-order chi connectivity index (χ1) is 16.5. The summed E-state index contributed by atoms with van der Waals surface area (Å²) in [4.78, 5) is 11.1. The van der Waals surface area contributed by atoms with E-state index >= 15 is 0 Å². The van der Waals surface area contributed by atoms with E-state index in [-0.39, 0.29) is 17.7 Å². The van der Waals surface area contributed by atoms with Gasteiger partial charge in [0.05, 0.1) is 18.6 Å². The van der Waals surface area contributed by atoms with Crippen LogP contribution in [0.4, 0.5) is 4.39 Å². The number of nitriles is 1. The Morgan fingerprint density at radius 3 is 2.53 bits per heavy atom. The van der Waals surface area contributed by atoms with E-state index in [0.29, 0.717) is 53.4 Å². The van der Waals surface area contributed by atoms with Gasteiger partial charge < -0.3 is 19.3 Å². The van der Waals surface area contributed by atoms with E-state index in [1.807, 2.05) is 24.3 Å². The molecule has 1 fully saturated rings. The fraction of sp³-hybridized carbons (Fsp3) is 0.259. The summed E-state index contributed by atoms with van der Waals surface area (Å²) in [6, 6.07) is 17.4. The quantitative estimate of drug-likeness (QED) is 0.484. The first-order valence-corrected chi connectivity index (χ1v) is 11.0. The molecular formula is C27H22FNO5. The van der Waals surface area contributed by atoms with Crippen molar-refractivity contribution in [2.24, 2.45) is 5.92 Å². The summed E-state index contributed by atoms with van der Waals surface area (Å²) in [5, 5.41) is 18.3. The van der Waals surface area contributed by atoms with Crippen LogP contribution in [0.5, 0.6) is 23.0 Å². The number of rotatable bonds is 7. The van der Waals surface area contributed by atoms with Crippen LogP contribution >= 0.6 is 0 Å². The summed E-state index contributed by atoms with van der Waals surface area (Å²) in [5.41, 5.74) is 2.62. The third-order valence-corrected chi connectivity index (χ3v) is 6.45. The van der Waals surface area contributed by atoms with Gasteiger partial charge in [0.15, 0.2) is 0 Å². The number of aliphatic carboxylic acids is 1. The van der Waals surface area contributed by atoms with E-state index < -0.39 is 12.1 Å². The lowest BCUT2D eigenvalue weighted by molar-refractivity contribution is -0.138. The van der Waals surface area contributed by atoms with Crippen LogP contribution in [0.15, 0.2) is 54.6 Å². The molecule has 0 heterocycles. The van der Waals surface area contributed by atoms with Gasteiger partial charge in [0.2, 0.25) is 0 Å². The highest BCUT2D eigenvalue weighted by Gasteiger charge is 2.44. The SMILES string of the molecule is COc1cc(Oc2ccc(F)c3c2CCC3Oc2ccc(C3C[C@@H]3C(=O)O)cc2)ccc1C#N. The van der Waals surface area contributed by atoms with Gasteiger partial charge in [0, 0.05) is 17.2 Å². The molecule has 0 aromatic heterocycles. The third kappa shape index (κ3) is 4.03. The molecule has 0 aliphatic heterocycles. The Morgan fingerprint density at radius 2 is 1.85 bits per heavy atom. The van der Waals surface area contributed by atoms with Gasteiger partial charge >= 0.3 is 5.97 Å². The number of carbonyl (C=O) groups is 1. The topological polar surface area (TPSA) is 88.8 Å². The second kappa shape index (κ2) is 8.71. The second-order valence-electron chi connectivity index (χ2n) is 8.51. The molecule has 2 unspecified atom stereocenters. The molecule has 1 saturated carbocycles. The monoisotopic (exact) mass is 459 g/mol. The van der Waals surface area contributed by atoms with Crippen molar-refractivity contribution in [3.63, 3.8) is 0 Å². The number of halogens is 1. The van der Waals surface area contributed by atoms with E-state index in [1.54, 1.807) is 24.3 Å². The predicted molar refractivity (Wildman–Crippen MR) is 121 cm³/mol. The van der Waals surface area contributed by atoms with Crippen molar-refractivity contribution in [2.45, 2.75) is 31.3 Å². The van der Waals surface area contributed by atoms with Gasteiger partial charge in [-0.25, -0.2) is 4.39 Å². The smallest absolute Gasteiger partial charge is 0.307 e. The van der Waals surface area contributed by atoms with Gasteiger partial charge in [-0.1, -0.05) is 12.1 Å². The standard InChI is InChI=1S/C27H22FNO5/c1-32-25-12-18(7-4-16(25)14-29)34-23-11-9-22(28)26-19(23)8-10-24(26)33-17-5-2-15(3-6-17)20-13-21(20)27(30)31/h2-7,9,11-12,20-21,24H,8,10,13H2,1H3,(H,30,31)/t20?,21-,24?/m0/s1. The molecule has 6 nitrogen and oxygen atoms in total. The maximum Gasteiger partial charge on any atom is 0.307 e. The molecule has 3 aromatic rings. The molecule has 0 bridgehead atoms. The first kappa shape index (κ1) is 21.8. The van der Waals surface area contributed by atoms with Crippen molar-refractivity contribution < 1.29 is 28.5 Å². The second-order valence-corrected chi connectivity index (χ2v) is 8.51. The molecule has 2 aliphatic carbocycles. The normalized spacial score (nSPS) is 20.2. The van der Waals surface area contributed by atoms with E-state index in [0.717, 1.165) is 11.1 Å². The molecule has 1 N–H and O–H groups in total. The van der Waals surface area contributed by atoms with Gasteiger partial charge in [-0.15, -0.1) is 0 Å². The lowest BCUT2D eigenvalue weighted by Gasteiger charge is -2.17. The average molecular weight is 459 g/mol. The molecule has 0 radical (unpaired) electrons. The molecule has 2 aliphatic rings. The minimum absolute atomic E-state index is 0.0526. The van der Waals surface area contributed by atoms with Crippen molar-refractivity contribution >= 4 is 5.97 Å². The van der Waals surface area contributed by atoms with Crippen molar-refractivity contribution in [1.29, 1.82) is 5.26 Å². The number of hydrogen-bond acceptors (Lipinski definition) is 5. The molecule has 0 saturated heterocycles. The fourth-order valence-electron chi connectivity index (χ4n) is 4.60. The molecular weight excluding hydrogens is 437 g/mol.